The summed E-state index contributed by atoms with van der Waals surface area (Å²) in [6, 6.07) is 5.02. The number of benzene rings is 1. The van der Waals surface area contributed by atoms with Crippen LogP contribution >= 0.6 is 35.0 Å². The number of hydrogen-bond acceptors (Lipinski definition) is 2. The van der Waals surface area contributed by atoms with Crippen LogP contribution < -0.4 is 5.73 Å². The van der Waals surface area contributed by atoms with Gasteiger partial charge in [-0.25, -0.2) is 8.78 Å². The smallest absolute Gasteiger partial charge is 0.289 e. The zero-order chi connectivity index (χ0) is 10.8. The second-order valence-electron chi connectivity index (χ2n) is 2.95. The van der Waals surface area contributed by atoms with Crippen LogP contribution in [0.25, 0.3) is 0 Å². The summed E-state index contributed by atoms with van der Waals surface area (Å²) in [5.74, 6) is -3.27. The molecular formula is C9H11ClF2INO. The predicted octanol–water partition coefficient (Wildman–Crippen LogP) is 2.34. The largest absolute Gasteiger partial charge is 0.390 e. The van der Waals surface area contributed by atoms with E-state index in [1.54, 1.807) is 12.1 Å². The van der Waals surface area contributed by atoms with Gasteiger partial charge < -0.3 is 10.8 Å². The Balaban J connectivity index is 0.00000196. The lowest BCUT2D eigenvalue weighted by Gasteiger charge is -2.21. The highest BCUT2D eigenvalue weighted by molar-refractivity contribution is 14.1. The molecule has 0 aliphatic carbocycles. The molecule has 0 aliphatic rings. The molecule has 1 aromatic carbocycles. The molecule has 0 aliphatic heterocycles. The molecule has 0 saturated carbocycles. The van der Waals surface area contributed by atoms with Crippen LogP contribution in [0, 0.1) is 3.57 Å². The van der Waals surface area contributed by atoms with Crippen LogP contribution in [-0.2, 0) is 0 Å². The third kappa shape index (κ3) is 3.82. The van der Waals surface area contributed by atoms with Crippen molar-refractivity contribution in [3.63, 3.8) is 0 Å². The van der Waals surface area contributed by atoms with Crippen LogP contribution in [0.3, 0.4) is 0 Å². The monoisotopic (exact) mass is 349 g/mol. The number of nitrogens with two attached hydrogens (primary N) is 1. The minimum absolute atomic E-state index is 0. The van der Waals surface area contributed by atoms with Crippen LogP contribution in [0.1, 0.15) is 11.6 Å². The standard InChI is InChI=1S/C9H10F2INO.ClH/c10-9(11,5-14)8(13)6-1-3-7(12)4-2-6;/h1-4,8,14H,5,13H2;1H/t8-;/m0./s1. The molecule has 0 spiro atoms. The first-order valence-electron chi connectivity index (χ1n) is 3.97. The maximum absolute atomic E-state index is 13.0. The lowest BCUT2D eigenvalue weighted by Crippen LogP contribution is -2.36. The zero-order valence-electron chi connectivity index (χ0n) is 7.66. The highest BCUT2D eigenvalue weighted by atomic mass is 127. The van der Waals surface area contributed by atoms with Gasteiger partial charge in [0, 0.05) is 3.57 Å². The molecule has 86 valence electrons. The predicted molar refractivity (Wildman–Crippen MR) is 65.4 cm³/mol. The van der Waals surface area contributed by atoms with E-state index in [2.05, 4.69) is 22.6 Å². The van der Waals surface area contributed by atoms with Crippen LogP contribution in [0.2, 0.25) is 0 Å². The molecule has 15 heavy (non-hydrogen) atoms. The van der Waals surface area contributed by atoms with Gasteiger partial charge in [0.2, 0.25) is 0 Å². The van der Waals surface area contributed by atoms with Crippen LogP contribution in [0.4, 0.5) is 8.78 Å². The van der Waals surface area contributed by atoms with E-state index in [-0.39, 0.29) is 12.4 Å². The molecule has 0 unspecified atom stereocenters. The Labute approximate surface area is 106 Å². The number of rotatable bonds is 3. The van der Waals surface area contributed by atoms with E-state index in [4.69, 9.17) is 10.8 Å². The minimum Gasteiger partial charge on any atom is -0.390 e. The van der Waals surface area contributed by atoms with Gasteiger partial charge >= 0.3 is 0 Å². The fourth-order valence-electron chi connectivity index (χ4n) is 1.01. The molecule has 3 N–H and O–H groups in total. The average molecular weight is 350 g/mol. The number of aliphatic hydroxyl groups excluding tert-OH is 1. The van der Waals surface area contributed by atoms with Crippen molar-refractivity contribution in [2.75, 3.05) is 6.61 Å². The summed E-state index contributed by atoms with van der Waals surface area (Å²) < 4.78 is 26.9. The molecule has 0 amide bonds. The van der Waals surface area contributed by atoms with Crippen molar-refractivity contribution in [1.82, 2.24) is 0 Å². The third-order valence-electron chi connectivity index (χ3n) is 1.89. The average Bonchev–Trinajstić information content (AvgIpc) is 2.18. The third-order valence-corrected chi connectivity index (χ3v) is 2.61. The van der Waals surface area contributed by atoms with Gasteiger partial charge in [-0.05, 0) is 40.3 Å². The molecule has 0 aromatic heterocycles. The summed E-state index contributed by atoms with van der Waals surface area (Å²) in [5, 5.41) is 8.45. The fraction of sp³-hybridized carbons (Fsp3) is 0.333. The van der Waals surface area contributed by atoms with E-state index in [0.717, 1.165) is 3.57 Å². The molecule has 1 aromatic rings. The number of hydrogen-bond donors (Lipinski definition) is 2. The second-order valence-corrected chi connectivity index (χ2v) is 4.19. The van der Waals surface area contributed by atoms with E-state index < -0.39 is 18.6 Å². The summed E-state index contributed by atoms with van der Waals surface area (Å²) in [5.41, 5.74) is 5.64. The molecular weight excluding hydrogens is 338 g/mol. The van der Waals surface area contributed by atoms with E-state index in [1.807, 2.05) is 0 Å². The van der Waals surface area contributed by atoms with Crippen molar-refractivity contribution in [3.05, 3.63) is 33.4 Å². The molecule has 2 nitrogen and oxygen atoms in total. The Kier molecular flexibility index (Phi) is 5.94. The molecule has 0 bridgehead atoms. The van der Waals surface area contributed by atoms with Gasteiger partial charge in [-0.1, -0.05) is 12.1 Å². The lowest BCUT2D eigenvalue weighted by atomic mass is 10.0. The van der Waals surface area contributed by atoms with Gasteiger partial charge in [0.15, 0.2) is 0 Å². The minimum atomic E-state index is -3.27. The number of aliphatic hydroxyl groups is 1. The van der Waals surface area contributed by atoms with Crippen molar-refractivity contribution in [2.24, 2.45) is 5.73 Å². The Bertz CT molecular complexity index is 307. The van der Waals surface area contributed by atoms with Gasteiger partial charge in [-0.15, -0.1) is 12.4 Å². The first kappa shape index (κ1) is 15.0. The highest BCUT2D eigenvalue weighted by Gasteiger charge is 2.37. The van der Waals surface area contributed by atoms with Crippen molar-refractivity contribution in [1.29, 1.82) is 0 Å². The van der Waals surface area contributed by atoms with Gasteiger partial charge in [-0.2, -0.15) is 0 Å². The van der Waals surface area contributed by atoms with E-state index >= 15 is 0 Å². The summed E-state index contributed by atoms with van der Waals surface area (Å²) in [6.07, 6.45) is 0. The Hall–Kier alpha value is 0.0200. The van der Waals surface area contributed by atoms with Crippen LogP contribution in [0.5, 0.6) is 0 Å². The maximum atomic E-state index is 13.0. The molecule has 0 fully saturated rings. The van der Waals surface area contributed by atoms with Crippen LogP contribution in [0.15, 0.2) is 24.3 Å². The summed E-state index contributed by atoms with van der Waals surface area (Å²) in [7, 11) is 0. The van der Waals surface area contributed by atoms with E-state index in [9.17, 15) is 8.78 Å². The zero-order valence-corrected chi connectivity index (χ0v) is 10.6. The fourth-order valence-corrected chi connectivity index (χ4v) is 1.37. The van der Waals surface area contributed by atoms with Crippen molar-refractivity contribution in [3.8, 4) is 0 Å². The molecule has 0 heterocycles. The highest BCUT2D eigenvalue weighted by Crippen LogP contribution is 2.28. The summed E-state index contributed by atoms with van der Waals surface area (Å²) in [4.78, 5) is 0. The summed E-state index contributed by atoms with van der Waals surface area (Å²) >= 11 is 2.07. The normalized spacial score (nSPS) is 13.1. The molecule has 1 atom stereocenters. The Morgan fingerprint density at radius 3 is 2.20 bits per heavy atom. The van der Waals surface area contributed by atoms with Crippen molar-refractivity contribution in [2.45, 2.75) is 12.0 Å². The maximum Gasteiger partial charge on any atom is 0.289 e. The van der Waals surface area contributed by atoms with Gasteiger partial charge in [0.1, 0.15) is 6.61 Å². The number of alkyl halides is 2. The molecule has 1 rings (SSSR count). The SMILES string of the molecule is Cl.N[C@@H](c1ccc(I)cc1)C(F)(F)CO. The van der Waals surface area contributed by atoms with Gasteiger partial charge in [-0.3, -0.25) is 0 Å². The number of halogens is 4. The van der Waals surface area contributed by atoms with E-state index in [0.29, 0.717) is 5.56 Å². The Morgan fingerprint density at radius 1 is 1.33 bits per heavy atom. The lowest BCUT2D eigenvalue weighted by molar-refractivity contribution is -0.0711. The first-order valence-corrected chi connectivity index (χ1v) is 5.05. The Morgan fingerprint density at radius 2 is 1.80 bits per heavy atom. The molecule has 6 heteroatoms. The molecule has 0 saturated heterocycles. The van der Waals surface area contributed by atoms with Gasteiger partial charge in [0.05, 0.1) is 6.04 Å². The van der Waals surface area contributed by atoms with Gasteiger partial charge in [0.25, 0.3) is 5.92 Å². The molecule has 0 radical (unpaired) electrons. The van der Waals surface area contributed by atoms with Crippen molar-refractivity contribution >= 4 is 35.0 Å². The first-order chi connectivity index (χ1) is 6.47. The quantitative estimate of drug-likeness (QED) is 0.823. The van der Waals surface area contributed by atoms with E-state index in [1.165, 1.54) is 12.1 Å². The topological polar surface area (TPSA) is 46.2 Å². The summed E-state index contributed by atoms with van der Waals surface area (Å²) in [6.45, 7) is -1.24. The van der Waals surface area contributed by atoms with Crippen molar-refractivity contribution < 1.29 is 13.9 Å². The second kappa shape index (κ2) is 5.93. The van der Waals surface area contributed by atoms with Crippen LogP contribution in [-0.4, -0.2) is 17.6 Å².